The molecule has 0 unspecified atom stereocenters. The molecule has 0 atom stereocenters. The van der Waals surface area contributed by atoms with Crippen molar-refractivity contribution in [3.63, 3.8) is 0 Å². The standard InChI is InChI=1S/C28H29N5O.C18H20N4O3.C18H22N4O.C11H16N2.C7H4N2O3.CH2Cl2/c1-20-17-27(25-11-4-5-12-26(25)30-20)31-23-9-6-10-24(18-23)32-28(34)29-14-16-33-15-13-21-7-2-3-8-22(21)19-33;23-18(20-16-6-3-7-17(12-16)22(24)25)19-9-11-21-10-8-14-4-1-2-5-15(14)13-21;19-16-6-3-7-17(12-16)21-18(23)20-9-11-22-10-8-14-4-1-2-5-15(14)13-22;12-6-8-13-7-5-10-3-1-2-4-11(10)9-13;10-5-8-6-2-1-3-7(4-6)9(11)12;2-1-3/h2-12,17-18H,13-16,19H2,1H3,(H,30,31)(H2,29,32,34);1-7,12H,8-11,13H2,(H2,19,20,23);1-7,12H,8-11,13,19H2,(H2,20,21,23);1-4H,5-9,12H2;1-4H;1H2. The molecule has 9 aromatic carbocycles. The molecule has 0 radical (unpaired) electrons. The lowest BCUT2D eigenvalue weighted by molar-refractivity contribution is -0.385. The van der Waals surface area contributed by atoms with Crippen molar-refractivity contribution in [2.24, 2.45) is 10.7 Å². The second-order valence-corrected chi connectivity index (χ2v) is 27.0. The molecular weight excluding hydrogens is 1430 g/mol. The van der Waals surface area contributed by atoms with Crippen LogP contribution >= 0.6 is 23.2 Å². The zero-order chi connectivity index (χ0) is 77.8. The molecule has 110 heavy (non-hydrogen) atoms. The van der Waals surface area contributed by atoms with Gasteiger partial charge in [-0.05, 0) is 138 Å². The third kappa shape index (κ3) is 27.2. The number of isocyanates is 1. The molecule has 11 N–H and O–H groups in total. The van der Waals surface area contributed by atoms with Crippen LogP contribution < -0.4 is 48.7 Å². The van der Waals surface area contributed by atoms with E-state index in [2.05, 4.69) is 164 Å². The van der Waals surface area contributed by atoms with Gasteiger partial charge in [0.05, 0.1) is 26.4 Å². The predicted molar refractivity (Wildman–Crippen MR) is 439 cm³/mol. The van der Waals surface area contributed by atoms with Gasteiger partial charge in [0.25, 0.3) is 11.4 Å². The third-order valence-corrected chi connectivity index (χ3v) is 18.3. The number of rotatable bonds is 19. The van der Waals surface area contributed by atoms with Crippen LogP contribution in [-0.4, -0.2) is 142 Å². The Morgan fingerprint density at radius 1 is 0.473 bits per heavy atom. The average molecular weight is 1530 g/mol. The van der Waals surface area contributed by atoms with Gasteiger partial charge >= 0.3 is 18.1 Å². The summed E-state index contributed by atoms with van der Waals surface area (Å²) >= 11 is 9.53. The van der Waals surface area contributed by atoms with Crippen molar-refractivity contribution in [1.82, 2.24) is 40.5 Å². The summed E-state index contributed by atoms with van der Waals surface area (Å²) in [5, 5.41) is 42.7. The number of alkyl halides is 2. The number of hydrogen-bond donors (Lipinski definition) is 9. The smallest absolute Gasteiger partial charge is 0.319 e. The number of aryl methyl sites for hydroxylation is 1. The third-order valence-electron chi connectivity index (χ3n) is 18.3. The van der Waals surface area contributed by atoms with Crippen LogP contribution in [0.4, 0.5) is 65.6 Å². The van der Waals surface area contributed by atoms with Gasteiger partial charge in [0, 0.05) is 174 Å². The second kappa shape index (κ2) is 44.0. The van der Waals surface area contributed by atoms with E-state index >= 15 is 0 Å². The number of nitrogen functional groups attached to an aromatic ring is 1. The van der Waals surface area contributed by atoms with Crippen LogP contribution in [0.5, 0.6) is 0 Å². The van der Waals surface area contributed by atoms with Crippen LogP contribution in [0.1, 0.15) is 50.2 Å². The Morgan fingerprint density at radius 2 is 0.845 bits per heavy atom. The number of para-hydroxylation sites is 1. The highest BCUT2D eigenvalue weighted by molar-refractivity contribution is 6.40. The Labute approximate surface area is 650 Å². The van der Waals surface area contributed by atoms with Gasteiger partial charge in [-0.2, -0.15) is 4.99 Å². The van der Waals surface area contributed by atoms with Crippen LogP contribution in [0.25, 0.3) is 10.9 Å². The molecule has 572 valence electrons. The molecule has 14 rings (SSSR count). The van der Waals surface area contributed by atoms with Crippen LogP contribution in [-0.2, 0) is 56.7 Å². The number of halogens is 2. The number of carbonyl (C=O) groups excluding carboxylic acids is 4. The number of hydrogen-bond acceptors (Lipinski definition) is 17. The molecule has 6 amide bonds. The number of benzene rings is 9. The maximum Gasteiger partial charge on any atom is 0.319 e. The quantitative estimate of drug-likeness (QED) is 0.00907. The first-order chi connectivity index (χ1) is 53.5. The molecule has 0 spiro atoms. The van der Waals surface area contributed by atoms with E-state index in [1.807, 2.05) is 73.7 Å². The van der Waals surface area contributed by atoms with Crippen molar-refractivity contribution >= 4 is 109 Å². The van der Waals surface area contributed by atoms with Crippen LogP contribution in [0.2, 0.25) is 0 Å². The highest BCUT2D eigenvalue weighted by Gasteiger charge is 2.20. The van der Waals surface area contributed by atoms with E-state index in [1.165, 1.54) is 93.4 Å². The monoisotopic (exact) mass is 1530 g/mol. The van der Waals surface area contributed by atoms with E-state index in [9.17, 15) is 39.4 Å². The molecule has 25 nitrogen and oxygen atoms in total. The van der Waals surface area contributed by atoms with Gasteiger partial charge in [-0.3, -0.25) is 44.8 Å². The van der Waals surface area contributed by atoms with E-state index in [1.54, 1.807) is 24.3 Å². The van der Waals surface area contributed by atoms with E-state index in [0.29, 0.717) is 36.7 Å². The molecule has 0 saturated heterocycles. The number of urea groups is 3. The van der Waals surface area contributed by atoms with Gasteiger partial charge in [-0.15, -0.1) is 23.2 Å². The lowest BCUT2D eigenvalue weighted by atomic mass is 10.00. The summed E-state index contributed by atoms with van der Waals surface area (Å²) in [6, 6.07) is 69.9. The number of aromatic nitrogens is 1. The lowest BCUT2D eigenvalue weighted by Gasteiger charge is -2.28. The number of aliphatic imine (C=N–C) groups is 1. The molecule has 0 fully saturated rings. The first-order valence-corrected chi connectivity index (χ1v) is 37.4. The Morgan fingerprint density at radius 3 is 1.28 bits per heavy atom. The van der Waals surface area contributed by atoms with Crippen molar-refractivity contribution < 1.29 is 29.0 Å². The number of nitro groups is 2. The van der Waals surface area contributed by atoms with E-state index in [4.69, 9.17) is 34.7 Å². The fourth-order valence-corrected chi connectivity index (χ4v) is 13.0. The normalized spacial score (nSPS) is 13.3. The second-order valence-electron chi connectivity index (χ2n) is 26.2. The van der Waals surface area contributed by atoms with Gasteiger partial charge in [-0.1, -0.05) is 140 Å². The fourth-order valence-electron chi connectivity index (χ4n) is 13.0. The number of pyridine rings is 1. The summed E-state index contributed by atoms with van der Waals surface area (Å²) in [5.74, 6) is 0. The number of nitrogens with zero attached hydrogens (tertiary/aromatic N) is 8. The summed E-state index contributed by atoms with van der Waals surface area (Å²) < 4.78 is 0. The van der Waals surface area contributed by atoms with Crippen molar-refractivity contribution in [2.75, 3.05) is 111 Å². The largest absolute Gasteiger partial charge is 0.399 e. The number of anilines is 6. The summed E-state index contributed by atoms with van der Waals surface area (Å²) in [5.41, 5.74) is 29.0. The molecule has 4 aliphatic rings. The molecule has 10 aromatic rings. The molecule has 5 heterocycles. The van der Waals surface area contributed by atoms with Crippen LogP contribution in [0.15, 0.2) is 229 Å². The highest BCUT2D eigenvalue weighted by atomic mass is 35.5. The van der Waals surface area contributed by atoms with Crippen LogP contribution in [0.3, 0.4) is 0 Å². The Kier molecular flexibility index (Phi) is 33.0. The molecule has 1 aromatic heterocycles. The maximum atomic E-state index is 12.5. The summed E-state index contributed by atoms with van der Waals surface area (Å²) in [4.78, 5) is 83.3. The van der Waals surface area contributed by atoms with E-state index in [-0.39, 0.29) is 40.5 Å². The summed E-state index contributed by atoms with van der Waals surface area (Å²) in [7, 11) is 0. The number of amides is 6. The molecule has 0 bridgehead atoms. The number of nitro benzene ring substituents is 2. The number of non-ortho nitro benzene ring substituents is 2. The van der Waals surface area contributed by atoms with Gasteiger partial charge in [0.2, 0.25) is 6.08 Å². The first-order valence-electron chi connectivity index (χ1n) is 36.3. The summed E-state index contributed by atoms with van der Waals surface area (Å²) in [6.45, 7) is 16.0. The van der Waals surface area contributed by atoms with Gasteiger partial charge in [0.15, 0.2) is 0 Å². The SMILES string of the molecule is Cc1cc(Nc2cccc(NC(=O)NCCN3CCc4ccccc4C3)c2)c2ccccc2n1.ClCCl.NCCN1CCc2ccccc2C1.Nc1cccc(NC(=O)NCCN2CCc3ccccc3C2)c1.O=C(NCCN1CCc2ccccc2C1)Nc1cccc([N+](=O)[O-])c1.O=C=Nc1cccc([N+](=O)[O-])c1. The van der Waals surface area contributed by atoms with Gasteiger partial charge in [-0.25, -0.2) is 19.2 Å². The number of nitrogens with one attached hydrogen (secondary N) is 7. The Balaban J connectivity index is 0.000000164. The summed E-state index contributed by atoms with van der Waals surface area (Å²) in [6.07, 6.45) is 5.64. The molecule has 0 saturated carbocycles. The van der Waals surface area contributed by atoms with Crippen molar-refractivity contribution in [3.05, 3.63) is 295 Å². The van der Waals surface area contributed by atoms with E-state index in [0.717, 1.165) is 138 Å². The predicted octanol–water partition coefficient (Wildman–Crippen LogP) is 14.7. The minimum atomic E-state index is -0.552. The minimum absolute atomic E-state index is 0.0511. The first kappa shape index (κ1) is 82.4. The van der Waals surface area contributed by atoms with E-state index < -0.39 is 9.85 Å². The fraction of sp³-hybridized carbons (Fsp3) is 0.265. The van der Waals surface area contributed by atoms with Gasteiger partial charge < -0.3 is 48.7 Å². The lowest BCUT2D eigenvalue weighted by Crippen LogP contribution is -2.39. The molecule has 4 aliphatic heterocycles. The maximum absolute atomic E-state index is 12.5. The molecule has 27 heteroatoms. The number of carbonyl (C=O) groups is 3. The minimum Gasteiger partial charge on any atom is -0.399 e. The zero-order valence-corrected chi connectivity index (χ0v) is 63.0. The average Bonchev–Trinajstić information content (AvgIpc) is 0.814. The zero-order valence-electron chi connectivity index (χ0n) is 61.5. The van der Waals surface area contributed by atoms with Crippen molar-refractivity contribution in [1.29, 1.82) is 0 Å². The Bertz CT molecular complexity index is 4720. The Hall–Kier alpha value is -11.6. The van der Waals surface area contributed by atoms with Gasteiger partial charge in [0.1, 0.15) is 0 Å². The number of nitrogens with two attached hydrogens (primary N) is 2. The van der Waals surface area contributed by atoms with Crippen molar-refractivity contribution in [2.45, 2.75) is 58.8 Å². The van der Waals surface area contributed by atoms with Crippen molar-refractivity contribution in [3.8, 4) is 0 Å². The topological polar surface area (TPSA) is 329 Å². The molecular formula is C83H93Cl2N17O8. The van der Waals surface area contributed by atoms with Crippen LogP contribution in [0, 0.1) is 27.2 Å². The molecule has 0 aliphatic carbocycles. The highest BCUT2D eigenvalue weighted by Crippen LogP contribution is 2.29. The number of fused-ring (bicyclic) bond motifs is 5.